The Morgan fingerprint density at radius 1 is 1.36 bits per heavy atom. The Kier molecular flexibility index (Phi) is 4.11. The smallest absolute Gasteiger partial charge is 0.309 e. The molecule has 0 aliphatic heterocycles. The van der Waals surface area contributed by atoms with E-state index in [0.29, 0.717) is 5.92 Å². The van der Waals surface area contributed by atoms with Gasteiger partial charge in [-0.2, -0.15) is 0 Å². The summed E-state index contributed by atoms with van der Waals surface area (Å²) < 4.78 is 4.56. The van der Waals surface area contributed by atoms with E-state index in [1.807, 2.05) is 13.8 Å². The van der Waals surface area contributed by atoms with E-state index in [1.54, 1.807) is 6.92 Å². The number of rotatable bonds is 3. The van der Waals surface area contributed by atoms with Crippen LogP contribution < -0.4 is 5.73 Å². The van der Waals surface area contributed by atoms with Gasteiger partial charge < -0.3 is 10.5 Å². The van der Waals surface area contributed by atoms with Gasteiger partial charge in [0.05, 0.1) is 13.0 Å². The lowest BCUT2D eigenvalue weighted by Gasteiger charge is -2.20. The molecule has 0 aliphatic rings. The van der Waals surface area contributed by atoms with E-state index in [1.165, 1.54) is 7.11 Å². The molecule has 2 N–H and O–H groups in total. The van der Waals surface area contributed by atoms with Crippen LogP contribution in [0.4, 0.5) is 0 Å². The van der Waals surface area contributed by atoms with Crippen molar-refractivity contribution in [2.45, 2.75) is 26.8 Å². The molecule has 0 aliphatic carbocycles. The van der Waals surface area contributed by atoms with Crippen molar-refractivity contribution in [3.05, 3.63) is 0 Å². The highest BCUT2D eigenvalue weighted by atomic mass is 16.5. The highest BCUT2D eigenvalue weighted by molar-refractivity contribution is 5.72. The first-order chi connectivity index (χ1) is 5.00. The molecule has 2 unspecified atom stereocenters. The molecular formula is C8H17NO2. The van der Waals surface area contributed by atoms with Crippen LogP contribution in [0.15, 0.2) is 0 Å². The summed E-state index contributed by atoms with van der Waals surface area (Å²) in [6.07, 6.45) is 0. The van der Waals surface area contributed by atoms with Crippen molar-refractivity contribution in [2.24, 2.45) is 17.6 Å². The molecule has 3 heteroatoms. The Morgan fingerprint density at radius 2 is 1.82 bits per heavy atom. The van der Waals surface area contributed by atoms with Crippen molar-refractivity contribution in [3.63, 3.8) is 0 Å². The highest BCUT2D eigenvalue weighted by Gasteiger charge is 2.23. The molecule has 0 spiro atoms. The van der Waals surface area contributed by atoms with Crippen LogP contribution in [-0.2, 0) is 9.53 Å². The zero-order valence-corrected chi connectivity index (χ0v) is 7.63. The van der Waals surface area contributed by atoms with Gasteiger partial charge in [-0.3, -0.25) is 4.79 Å². The van der Waals surface area contributed by atoms with E-state index in [0.717, 1.165) is 0 Å². The molecule has 11 heavy (non-hydrogen) atoms. The Hall–Kier alpha value is -0.570. The minimum absolute atomic E-state index is 0.109. The van der Waals surface area contributed by atoms with E-state index >= 15 is 0 Å². The van der Waals surface area contributed by atoms with E-state index in [4.69, 9.17) is 5.73 Å². The topological polar surface area (TPSA) is 52.3 Å². The van der Waals surface area contributed by atoms with Gasteiger partial charge >= 0.3 is 5.97 Å². The van der Waals surface area contributed by atoms with Gasteiger partial charge in [0.2, 0.25) is 0 Å². The Labute approximate surface area is 67.9 Å². The number of carbonyl (C=O) groups excluding carboxylic acids is 1. The van der Waals surface area contributed by atoms with Crippen LogP contribution in [0.25, 0.3) is 0 Å². The summed E-state index contributed by atoms with van der Waals surface area (Å²) in [5, 5.41) is 0. The van der Waals surface area contributed by atoms with Crippen LogP contribution in [0, 0.1) is 11.8 Å². The van der Waals surface area contributed by atoms with Crippen LogP contribution in [0.5, 0.6) is 0 Å². The van der Waals surface area contributed by atoms with Crippen molar-refractivity contribution < 1.29 is 9.53 Å². The average molecular weight is 159 g/mol. The van der Waals surface area contributed by atoms with Gasteiger partial charge in [-0.15, -0.1) is 0 Å². The third kappa shape index (κ3) is 2.89. The summed E-state index contributed by atoms with van der Waals surface area (Å²) in [5.41, 5.74) is 5.74. The predicted molar refractivity (Wildman–Crippen MR) is 44.0 cm³/mol. The van der Waals surface area contributed by atoms with E-state index in [9.17, 15) is 4.79 Å². The average Bonchev–Trinajstić information content (AvgIpc) is 2.00. The van der Waals surface area contributed by atoms with Crippen molar-refractivity contribution in [1.82, 2.24) is 0 Å². The van der Waals surface area contributed by atoms with Crippen molar-refractivity contribution in [2.75, 3.05) is 7.11 Å². The number of esters is 1. The maximum absolute atomic E-state index is 11.0. The molecule has 0 heterocycles. The number of methoxy groups -OCH3 is 1. The Balaban J connectivity index is 4.01. The summed E-state index contributed by atoms with van der Waals surface area (Å²) in [6, 6.07) is -0.109. The van der Waals surface area contributed by atoms with Gasteiger partial charge in [0, 0.05) is 6.04 Å². The first kappa shape index (κ1) is 10.4. The zero-order chi connectivity index (χ0) is 9.02. The number of carbonyl (C=O) groups is 1. The predicted octanol–water partition coefficient (Wildman–Crippen LogP) is 0.779. The molecule has 0 aromatic heterocycles. The van der Waals surface area contributed by atoms with Gasteiger partial charge in [-0.05, 0) is 5.92 Å². The number of hydrogen-bond acceptors (Lipinski definition) is 3. The van der Waals surface area contributed by atoms with Crippen LogP contribution in [0.2, 0.25) is 0 Å². The lowest BCUT2D eigenvalue weighted by atomic mass is 9.93. The van der Waals surface area contributed by atoms with Crippen molar-refractivity contribution in [3.8, 4) is 0 Å². The molecule has 0 amide bonds. The maximum Gasteiger partial charge on any atom is 0.309 e. The molecule has 0 aromatic rings. The molecule has 0 saturated heterocycles. The Morgan fingerprint density at radius 3 is 2.09 bits per heavy atom. The number of nitrogens with two attached hydrogens (primary N) is 1. The van der Waals surface area contributed by atoms with E-state index < -0.39 is 0 Å². The fraction of sp³-hybridized carbons (Fsp3) is 0.875. The van der Waals surface area contributed by atoms with Gasteiger partial charge in [-0.1, -0.05) is 20.8 Å². The SMILES string of the molecule is COC(=O)C(C)C(N)C(C)C. The highest BCUT2D eigenvalue weighted by Crippen LogP contribution is 2.10. The van der Waals surface area contributed by atoms with Crippen molar-refractivity contribution in [1.29, 1.82) is 0 Å². The fourth-order valence-electron chi connectivity index (χ4n) is 0.920. The Bertz CT molecular complexity index is 134. The van der Waals surface area contributed by atoms with Crippen molar-refractivity contribution >= 4 is 5.97 Å². The molecule has 0 rings (SSSR count). The van der Waals surface area contributed by atoms with Gasteiger partial charge in [0.25, 0.3) is 0 Å². The zero-order valence-electron chi connectivity index (χ0n) is 7.63. The molecule has 66 valence electrons. The largest absolute Gasteiger partial charge is 0.469 e. The normalized spacial score (nSPS) is 16.2. The molecule has 0 radical (unpaired) electrons. The molecule has 0 aromatic carbocycles. The molecule has 0 saturated carbocycles. The minimum Gasteiger partial charge on any atom is -0.469 e. The standard InChI is InChI=1S/C8H17NO2/c1-5(2)7(9)6(3)8(10)11-4/h5-7H,9H2,1-4H3. The summed E-state index contributed by atoms with van der Waals surface area (Å²) in [7, 11) is 1.38. The second-order valence-corrected chi connectivity index (χ2v) is 3.13. The lowest BCUT2D eigenvalue weighted by molar-refractivity contribution is -0.145. The third-order valence-electron chi connectivity index (χ3n) is 1.92. The number of hydrogen-bond donors (Lipinski definition) is 1. The maximum atomic E-state index is 11.0. The van der Waals surface area contributed by atoms with E-state index in [-0.39, 0.29) is 17.9 Å². The van der Waals surface area contributed by atoms with E-state index in [2.05, 4.69) is 4.74 Å². The summed E-state index contributed by atoms with van der Waals surface area (Å²) >= 11 is 0. The first-order valence-corrected chi connectivity index (χ1v) is 3.84. The molecule has 0 fully saturated rings. The quantitative estimate of drug-likeness (QED) is 0.619. The van der Waals surface area contributed by atoms with Gasteiger partial charge in [-0.25, -0.2) is 0 Å². The molecule has 0 bridgehead atoms. The lowest BCUT2D eigenvalue weighted by Crippen LogP contribution is -2.38. The summed E-state index contributed by atoms with van der Waals surface area (Å²) in [6.45, 7) is 5.77. The van der Waals surface area contributed by atoms with Crippen LogP contribution in [0.1, 0.15) is 20.8 Å². The van der Waals surface area contributed by atoms with Crippen LogP contribution in [-0.4, -0.2) is 19.1 Å². The number of ether oxygens (including phenoxy) is 1. The summed E-state index contributed by atoms with van der Waals surface area (Å²) in [4.78, 5) is 11.0. The van der Waals surface area contributed by atoms with Crippen LogP contribution >= 0.6 is 0 Å². The minimum atomic E-state index is -0.230. The van der Waals surface area contributed by atoms with Crippen LogP contribution in [0.3, 0.4) is 0 Å². The molecule has 3 nitrogen and oxygen atoms in total. The van der Waals surface area contributed by atoms with Gasteiger partial charge in [0.1, 0.15) is 0 Å². The second kappa shape index (κ2) is 4.34. The first-order valence-electron chi connectivity index (χ1n) is 3.84. The monoisotopic (exact) mass is 159 g/mol. The molecule has 2 atom stereocenters. The fourth-order valence-corrected chi connectivity index (χ4v) is 0.920. The van der Waals surface area contributed by atoms with Gasteiger partial charge in [0.15, 0.2) is 0 Å². The molecular weight excluding hydrogens is 142 g/mol. The third-order valence-corrected chi connectivity index (χ3v) is 1.92. The summed E-state index contributed by atoms with van der Waals surface area (Å²) in [5.74, 6) is -0.129. The second-order valence-electron chi connectivity index (χ2n) is 3.13.